The molecule has 0 aliphatic heterocycles. The molecule has 0 radical (unpaired) electrons. The number of hydrogen-bond acceptors (Lipinski definition) is 5. The molecule has 0 aliphatic rings. The number of carbonyl (C=O) groups excluding carboxylic acids is 1. The molecule has 132 valence electrons. The van der Waals surface area contributed by atoms with Gasteiger partial charge in [0.15, 0.2) is 5.82 Å². The van der Waals surface area contributed by atoms with Crippen LogP contribution in [-0.2, 0) is 10.0 Å². The van der Waals surface area contributed by atoms with Gasteiger partial charge in [0.05, 0.1) is 4.90 Å². The lowest BCUT2D eigenvalue weighted by molar-refractivity contribution is 0.0944. The van der Waals surface area contributed by atoms with E-state index in [1.54, 1.807) is 24.3 Å². The van der Waals surface area contributed by atoms with Crippen LogP contribution in [0.4, 0.5) is 4.39 Å². The van der Waals surface area contributed by atoms with Crippen LogP contribution in [0.5, 0.6) is 0 Å². The van der Waals surface area contributed by atoms with E-state index in [-0.39, 0.29) is 16.3 Å². The molecule has 0 unspecified atom stereocenters. The molecule has 0 fully saturated rings. The number of carbonyl (C=O) groups is 1. The molecule has 3 rings (SSSR count). The summed E-state index contributed by atoms with van der Waals surface area (Å²) < 4.78 is 38.0. The van der Waals surface area contributed by atoms with Crippen LogP contribution in [0.15, 0.2) is 71.9 Å². The van der Waals surface area contributed by atoms with Gasteiger partial charge >= 0.3 is 0 Å². The minimum absolute atomic E-state index is 0.0158. The van der Waals surface area contributed by atoms with Crippen molar-refractivity contribution in [1.29, 1.82) is 0 Å². The number of hydrogen-bond donors (Lipinski definition) is 2. The fourth-order valence-corrected chi connectivity index (χ4v) is 3.00. The normalized spacial score (nSPS) is 11.1. The van der Waals surface area contributed by atoms with E-state index in [1.165, 1.54) is 36.7 Å². The molecule has 0 bridgehead atoms. The van der Waals surface area contributed by atoms with Gasteiger partial charge in [-0.3, -0.25) is 10.2 Å². The Labute approximate surface area is 149 Å². The summed E-state index contributed by atoms with van der Waals surface area (Å²) in [6, 6.07) is 12.7. The number of aromatic nitrogens is 2. The zero-order valence-electron chi connectivity index (χ0n) is 13.3. The Morgan fingerprint density at radius 2 is 1.65 bits per heavy atom. The van der Waals surface area contributed by atoms with Crippen LogP contribution >= 0.6 is 0 Å². The van der Waals surface area contributed by atoms with Crippen molar-refractivity contribution in [3.8, 4) is 11.4 Å². The third kappa shape index (κ3) is 4.08. The summed E-state index contributed by atoms with van der Waals surface area (Å²) in [5.41, 5.74) is 2.27. The van der Waals surface area contributed by atoms with Gasteiger partial charge in [-0.2, -0.15) is 0 Å². The van der Waals surface area contributed by atoms with Gasteiger partial charge in [0.2, 0.25) is 0 Å². The van der Waals surface area contributed by atoms with Crippen LogP contribution in [-0.4, -0.2) is 24.3 Å². The number of amides is 1. The fraction of sp³-hybridized carbons (Fsp3) is 0. The summed E-state index contributed by atoms with van der Waals surface area (Å²) in [4.78, 5) is 22.2. The van der Waals surface area contributed by atoms with Gasteiger partial charge in [-0.05, 0) is 36.4 Å². The molecule has 0 spiro atoms. The number of nitrogens with zero attached hydrogens (tertiary/aromatic N) is 2. The lowest BCUT2D eigenvalue weighted by atomic mass is 10.1. The molecule has 26 heavy (non-hydrogen) atoms. The van der Waals surface area contributed by atoms with Crippen molar-refractivity contribution >= 4 is 15.9 Å². The number of hydrazine groups is 1. The lowest BCUT2D eigenvalue weighted by Gasteiger charge is -2.09. The minimum Gasteiger partial charge on any atom is -0.273 e. The molecular weight excluding hydrogens is 359 g/mol. The van der Waals surface area contributed by atoms with Gasteiger partial charge in [0.25, 0.3) is 15.9 Å². The van der Waals surface area contributed by atoms with E-state index in [1.807, 2.05) is 4.83 Å². The van der Waals surface area contributed by atoms with Crippen LogP contribution < -0.4 is 10.3 Å². The Kier molecular flexibility index (Phi) is 5.01. The SMILES string of the molecule is O=C(NNS(=O)(=O)c1ccccc1)c1cc(F)cc(-c2ncccn2)c1. The van der Waals surface area contributed by atoms with Crippen molar-refractivity contribution in [3.63, 3.8) is 0 Å². The maximum atomic E-state index is 13.8. The summed E-state index contributed by atoms with van der Waals surface area (Å²) in [5, 5.41) is 0. The quantitative estimate of drug-likeness (QED) is 0.666. The fourth-order valence-electron chi connectivity index (χ4n) is 2.14. The molecule has 0 saturated carbocycles. The smallest absolute Gasteiger partial charge is 0.266 e. The van der Waals surface area contributed by atoms with E-state index in [0.717, 1.165) is 6.07 Å². The Bertz CT molecular complexity index is 1030. The lowest BCUT2D eigenvalue weighted by Crippen LogP contribution is -2.41. The summed E-state index contributed by atoms with van der Waals surface area (Å²) >= 11 is 0. The monoisotopic (exact) mass is 372 g/mol. The van der Waals surface area contributed by atoms with Crippen LogP contribution in [0.3, 0.4) is 0 Å². The second-order valence-corrected chi connectivity index (χ2v) is 6.86. The predicted molar refractivity (Wildman–Crippen MR) is 91.7 cm³/mol. The third-order valence-electron chi connectivity index (χ3n) is 3.34. The second-order valence-electron chi connectivity index (χ2n) is 5.17. The zero-order chi connectivity index (χ0) is 18.6. The number of sulfonamides is 1. The highest BCUT2D eigenvalue weighted by Crippen LogP contribution is 2.18. The first-order chi connectivity index (χ1) is 12.5. The first-order valence-electron chi connectivity index (χ1n) is 7.41. The van der Waals surface area contributed by atoms with Crippen LogP contribution in [0.25, 0.3) is 11.4 Å². The maximum Gasteiger partial charge on any atom is 0.266 e. The first-order valence-corrected chi connectivity index (χ1v) is 8.89. The van der Waals surface area contributed by atoms with E-state index >= 15 is 0 Å². The van der Waals surface area contributed by atoms with Gasteiger partial charge < -0.3 is 0 Å². The first kappa shape index (κ1) is 17.6. The van der Waals surface area contributed by atoms with Gasteiger partial charge in [-0.15, -0.1) is 4.83 Å². The Hall–Kier alpha value is -3.17. The number of benzene rings is 2. The zero-order valence-corrected chi connectivity index (χ0v) is 14.1. The summed E-state index contributed by atoms with van der Waals surface area (Å²) in [5.74, 6) is -1.25. The molecule has 2 aromatic carbocycles. The summed E-state index contributed by atoms with van der Waals surface area (Å²) in [7, 11) is -3.94. The molecule has 7 nitrogen and oxygen atoms in total. The highest BCUT2D eigenvalue weighted by molar-refractivity contribution is 7.89. The molecule has 0 saturated heterocycles. The van der Waals surface area contributed by atoms with Crippen LogP contribution in [0, 0.1) is 5.82 Å². The van der Waals surface area contributed by atoms with Crippen molar-refractivity contribution < 1.29 is 17.6 Å². The summed E-state index contributed by atoms with van der Waals surface area (Å²) in [6.45, 7) is 0. The van der Waals surface area contributed by atoms with E-state index in [2.05, 4.69) is 15.4 Å². The maximum absolute atomic E-state index is 13.8. The molecule has 9 heteroatoms. The van der Waals surface area contributed by atoms with Crippen molar-refractivity contribution in [2.75, 3.05) is 0 Å². The largest absolute Gasteiger partial charge is 0.273 e. The Balaban J connectivity index is 1.79. The minimum atomic E-state index is -3.94. The van der Waals surface area contributed by atoms with Crippen molar-refractivity contribution in [3.05, 3.63) is 78.4 Å². The van der Waals surface area contributed by atoms with Crippen molar-refractivity contribution in [2.24, 2.45) is 0 Å². The van der Waals surface area contributed by atoms with Crippen molar-refractivity contribution in [2.45, 2.75) is 4.90 Å². The van der Waals surface area contributed by atoms with Gasteiger partial charge in [0.1, 0.15) is 5.82 Å². The van der Waals surface area contributed by atoms with Gasteiger partial charge in [-0.25, -0.2) is 22.8 Å². The Morgan fingerprint density at radius 3 is 2.35 bits per heavy atom. The Morgan fingerprint density at radius 1 is 0.962 bits per heavy atom. The van der Waals surface area contributed by atoms with Crippen molar-refractivity contribution in [1.82, 2.24) is 20.2 Å². The van der Waals surface area contributed by atoms with E-state index in [0.29, 0.717) is 5.56 Å². The van der Waals surface area contributed by atoms with E-state index in [9.17, 15) is 17.6 Å². The number of rotatable bonds is 5. The number of halogens is 1. The molecule has 2 N–H and O–H groups in total. The standard InChI is InChI=1S/C17H13FN4O3S/c18-14-10-12(16-19-7-4-8-20-16)9-13(11-14)17(23)21-22-26(24,25)15-5-2-1-3-6-15/h1-11,22H,(H,21,23). The van der Waals surface area contributed by atoms with Crippen LogP contribution in [0.1, 0.15) is 10.4 Å². The molecule has 1 amide bonds. The third-order valence-corrected chi connectivity index (χ3v) is 4.60. The van der Waals surface area contributed by atoms with Crippen LogP contribution in [0.2, 0.25) is 0 Å². The summed E-state index contributed by atoms with van der Waals surface area (Å²) in [6.07, 6.45) is 2.97. The average Bonchev–Trinajstić information content (AvgIpc) is 2.67. The molecular formula is C17H13FN4O3S. The second kappa shape index (κ2) is 7.38. The van der Waals surface area contributed by atoms with E-state index < -0.39 is 21.7 Å². The molecule has 3 aromatic rings. The molecule has 0 atom stereocenters. The highest BCUT2D eigenvalue weighted by atomic mass is 32.2. The molecule has 1 aromatic heterocycles. The molecule has 1 heterocycles. The number of nitrogens with one attached hydrogen (secondary N) is 2. The van der Waals surface area contributed by atoms with E-state index in [4.69, 9.17) is 0 Å². The average molecular weight is 372 g/mol. The topological polar surface area (TPSA) is 101 Å². The highest BCUT2D eigenvalue weighted by Gasteiger charge is 2.16. The predicted octanol–water partition coefficient (Wildman–Crippen LogP) is 1.91. The van der Waals surface area contributed by atoms with Gasteiger partial charge in [0, 0.05) is 23.5 Å². The molecule has 0 aliphatic carbocycles. The van der Waals surface area contributed by atoms with Gasteiger partial charge in [-0.1, -0.05) is 18.2 Å².